The van der Waals surface area contributed by atoms with Crippen LogP contribution >= 0.6 is 0 Å². The number of aromatic carboxylic acids is 1. The minimum atomic E-state index is -1.00. The van der Waals surface area contributed by atoms with Crippen molar-refractivity contribution in [2.24, 2.45) is 0 Å². The van der Waals surface area contributed by atoms with Gasteiger partial charge in [-0.15, -0.1) is 0 Å². The second-order valence-corrected chi connectivity index (χ2v) is 4.80. The van der Waals surface area contributed by atoms with Gasteiger partial charge < -0.3 is 20.1 Å². The van der Waals surface area contributed by atoms with Crippen molar-refractivity contribution in [3.05, 3.63) is 42.1 Å². The van der Waals surface area contributed by atoms with E-state index in [1.54, 1.807) is 24.4 Å². The molecule has 0 aliphatic heterocycles. The monoisotopic (exact) mass is 327 g/mol. The highest BCUT2D eigenvalue weighted by molar-refractivity contribution is 5.89. The predicted molar refractivity (Wildman–Crippen MR) is 86.6 cm³/mol. The number of amides is 1. The first-order valence-electron chi connectivity index (χ1n) is 6.86. The maximum atomic E-state index is 11.2. The standard InChI is InChI=1S/C15H13N5O4/c1-24-15(23)20-14-18-11-6-10(7-16-12(11)19-14)17-9-4-2-3-8(5-9)13(21)22/h2-7,17H,1H3,(H,21,22)(H2,16,18,19,20,23). The number of aromatic amines is 1. The molecule has 9 heteroatoms. The lowest BCUT2D eigenvalue weighted by atomic mass is 10.2. The summed E-state index contributed by atoms with van der Waals surface area (Å²) in [6.45, 7) is 0. The molecule has 0 saturated heterocycles. The summed E-state index contributed by atoms with van der Waals surface area (Å²) in [7, 11) is 1.25. The fourth-order valence-corrected chi connectivity index (χ4v) is 2.07. The number of nitrogens with one attached hydrogen (secondary N) is 3. The molecular formula is C15H13N5O4. The molecule has 0 aliphatic carbocycles. The van der Waals surface area contributed by atoms with E-state index >= 15 is 0 Å². The summed E-state index contributed by atoms with van der Waals surface area (Å²) in [5.41, 5.74) is 2.44. The number of pyridine rings is 1. The van der Waals surface area contributed by atoms with E-state index in [4.69, 9.17) is 5.11 Å². The molecule has 0 unspecified atom stereocenters. The molecule has 0 radical (unpaired) electrons. The van der Waals surface area contributed by atoms with Gasteiger partial charge in [0.15, 0.2) is 5.65 Å². The number of carbonyl (C=O) groups excluding carboxylic acids is 1. The number of carbonyl (C=O) groups is 2. The van der Waals surface area contributed by atoms with E-state index in [1.807, 2.05) is 0 Å². The Morgan fingerprint density at radius 3 is 2.83 bits per heavy atom. The van der Waals surface area contributed by atoms with Crippen LogP contribution in [0.2, 0.25) is 0 Å². The van der Waals surface area contributed by atoms with Crippen molar-refractivity contribution in [3.8, 4) is 0 Å². The molecule has 0 spiro atoms. The average Bonchev–Trinajstić information content (AvgIpc) is 2.96. The number of carboxylic acid groups (broad SMARTS) is 1. The quantitative estimate of drug-likeness (QED) is 0.579. The molecule has 0 aliphatic rings. The first-order chi connectivity index (χ1) is 11.5. The number of fused-ring (bicyclic) bond motifs is 1. The zero-order chi connectivity index (χ0) is 17.1. The Kier molecular flexibility index (Phi) is 3.98. The van der Waals surface area contributed by atoms with Gasteiger partial charge in [-0.2, -0.15) is 0 Å². The Labute approximate surface area is 135 Å². The van der Waals surface area contributed by atoms with Crippen LogP contribution in [-0.4, -0.2) is 39.2 Å². The number of hydrogen-bond donors (Lipinski definition) is 4. The molecule has 4 N–H and O–H groups in total. The lowest BCUT2D eigenvalue weighted by Gasteiger charge is -2.06. The van der Waals surface area contributed by atoms with Crippen molar-refractivity contribution >= 4 is 40.5 Å². The van der Waals surface area contributed by atoms with Crippen molar-refractivity contribution in [1.29, 1.82) is 0 Å². The Morgan fingerprint density at radius 2 is 2.08 bits per heavy atom. The summed E-state index contributed by atoms with van der Waals surface area (Å²) >= 11 is 0. The largest absolute Gasteiger partial charge is 0.478 e. The summed E-state index contributed by atoms with van der Waals surface area (Å²) < 4.78 is 4.49. The number of imidazole rings is 1. The molecule has 0 saturated carbocycles. The van der Waals surface area contributed by atoms with Crippen LogP contribution in [0.15, 0.2) is 36.5 Å². The molecule has 0 fully saturated rings. The maximum absolute atomic E-state index is 11.2. The molecule has 2 heterocycles. The molecule has 3 aromatic rings. The van der Waals surface area contributed by atoms with Gasteiger partial charge in [0, 0.05) is 5.69 Å². The zero-order valence-electron chi connectivity index (χ0n) is 12.5. The number of rotatable bonds is 4. The van der Waals surface area contributed by atoms with Crippen molar-refractivity contribution in [2.75, 3.05) is 17.7 Å². The molecule has 2 aromatic heterocycles. The highest BCUT2D eigenvalue weighted by atomic mass is 16.5. The first-order valence-corrected chi connectivity index (χ1v) is 6.86. The summed E-state index contributed by atoms with van der Waals surface area (Å²) in [5.74, 6) is -0.785. The molecule has 24 heavy (non-hydrogen) atoms. The average molecular weight is 327 g/mol. The third-order valence-corrected chi connectivity index (χ3v) is 3.14. The number of aromatic nitrogens is 3. The van der Waals surface area contributed by atoms with Gasteiger partial charge in [-0.25, -0.2) is 19.6 Å². The summed E-state index contributed by atoms with van der Waals surface area (Å²) in [5, 5.41) is 14.5. The fourth-order valence-electron chi connectivity index (χ4n) is 2.07. The van der Waals surface area contributed by atoms with E-state index in [0.29, 0.717) is 22.5 Å². The van der Waals surface area contributed by atoms with Crippen molar-refractivity contribution < 1.29 is 19.4 Å². The normalized spacial score (nSPS) is 10.4. The Hall–Kier alpha value is -3.62. The van der Waals surface area contributed by atoms with E-state index in [2.05, 4.69) is 30.3 Å². The van der Waals surface area contributed by atoms with Gasteiger partial charge in [0.05, 0.1) is 24.6 Å². The van der Waals surface area contributed by atoms with Gasteiger partial charge in [-0.1, -0.05) is 6.07 Å². The van der Waals surface area contributed by atoms with E-state index in [-0.39, 0.29) is 11.5 Å². The summed E-state index contributed by atoms with van der Waals surface area (Å²) in [6.07, 6.45) is 0.925. The Bertz CT molecular complexity index is 921. The Balaban J connectivity index is 1.84. The minimum Gasteiger partial charge on any atom is -0.478 e. The topological polar surface area (TPSA) is 129 Å². The molecule has 122 valence electrons. The van der Waals surface area contributed by atoms with Crippen LogP contribution < -0.4 is 10.6 Å². The van der Waals surface area contributed by atoms with Crippen LogP contribution in [0.1, 0.15) is 10.4 Å². The SMILES string of the molecule is COC(=O)Nc1nc2cc(Nc3cccc(C(=O)O)c3)cnc2[nH]1. The van der Waals surface area contributed by atoms with Crippen LogP contribution in [0, 0.1) is 0 Å². The van der Waals surface area contributed by atoms with E-state index in [0.717, 1.165) is 0 Å². The van der Waals surface area contributed by atoms with Gasteiger partial charge in [0.2, 0.25) is 5.95 Å². The van der Waals surface area contributed by atoms with Crippen LogP contribution in [0.3, 0.4) is 0 Å². The smallest absolute Gasteiger partial charge is 0.413 e. The predicted octanol–water partition coefficient (Wildman–Crippen LogP) is 2.58. The highest BCUT2D eigenvalue weighted by Gasteiger charge is 2.09. The number of benzene rings is 1. The lowest BCUT2D eigenvalue weighted by Crippen LogP contribution is -2.11. The van der Waals surface area contributed by atoms with E-state index in [1.165, 1.54) is 19.2 Å². The van der Waals surface area contributed by atoms with E-state index < -0.39 is 12.1 Å². The highest BCUT2D eigenvalue weighted by Crippen LogP contribution is 2.21. The van der Waals surface area contributed by atoms with Gasteiger partial charge in [-0.05, 0) is 24.3 Å². The number of hydrogen-bond acceptors (Lipinski definition) is 6. The van der Waals surface area contributed by atoms with Gasteiger partial charge in [-0.3, -0.25) is 5.32 Å². The summed E-state index contributed by atoms with van der Waals surface area (Å²) in [6, 6.07) is 8.12. The molecule has 1 aromatic carbocycles. The number of ether oxygens (including phenoxy) is 1. The van der Waals surface area contributed by atoms with Crippen LogP contribution in [0.4, 0.5) is 22.1 Å². The number of H-pyrrole nitrogens is 1. The first kappa shape index (κ1) is 15.3. The number of carboxylic acids is 1. The van der Waals surface area contributed by atoms with Crippen LogP contribution in [0.5, 0.6) is 0 Å². The van der Waals surface area contributed by atoms with Gasteiger partial charge >= 0.3 is 12.1 Å². The third kappa shape index (κ3) is 3.24. The molecule has 1 amide bonds. The molecule has 0 atom stereocenters. The lowest BCUT2D eigenvalue weighted by molar-refractivity contribution is 0.0697. The fraction of sp³-hybridized carbons (Fsp3) is 0.0667. The third-order valence-electron chi connectivity index (χ3n) is 3.14. The second kappa shape index (κ2) is 6.24. The van der Waals surface area contributed by atoms with Crippen molar-refractivity contribution in [2.45, 2.75) is 0 Å². The van der Waals surface area contributed by atoms with Gasteiger partial charge in [0.1, 0.15) is 5.52 Å². The molecule has 9 nitrogen and oxygen atoms in total. The zero-order valence-corrected chi connectivity index (χ0v) is 12.5. The minimum absolute atomic E-state index is 0.179. The van der Waals surface area contributed by atoms with Crippen LogP contribution in [-0.2, 0) is 4.74 Å². The number of nitrogens with zero attached hydrogens (tertiary/aromatic N) is 2. The molecule has 3 rings (SSSR count). The van der Waals surface area contributed by atoms with Crippen molar-refractivity contribution in [1.82, 2.24) is 15.0 Å². The number of methoxy groups -OCH3 is 1. The molecular weight excluding hydrogens is 314 g/mol. The second-order valence-electron chi connectivity index (χ2n) is 4.80. The van der Waals surface area contributed by atoms with E-state index in [9.17, 15) is 9.59 Å². The number of anilines is 3. The van der Waals surface area contributed by atoms with Crippen LogP contribution in [0.25, 0.3) is 11.2 Å². The Morgan fingerprint density at radius 1 is 1.25 bits per heavy atom. The molecule has 0 bridgehead atoms. The maximum Gasteiger partial charge on any atom is 0.413 e. The van der Waals surface area contributed by atoms with Crippen molar-refractivity contribution in [3.63, 3.8) is 0 Å². The van der Waals surface area contributed by atoms with Gasteiger partial charge in [0.25, 0.3) is 0 Å². The summed E-state index contributed by atoms with van der Waals surface area (Å²) in [4.78, 5) is 33.4.